The standard InChI is InChI=1S/C19H22N4O2/c20-16-4-1-10-21-18(16)14-6-8-15(9-7-14)19(25)22-11-3-13-23-12-2-5-17(23)24/h1,4,6-10H,2-3,5,11-13,20H2,(H,22,25). The molecule has 2 aromatic rings. The van der Waals surface area contributed by atoms with Crippen LogP contribution in [0.25, 0.3) is 11.3 Å². The lowest BCUT2D eigenvalue weighted by atomic mass is 10.1. The van der Waals surface area contributed by atoms with Crippen LogP contribution < -0.4 is 11.1 Å². The number of anilines is 1. The van der Waals surface area contributed by atoms with Gasteiger partial charge in [-0.25, -0.2) is 0 Å². The smallest absolute Gasteiger partial charge is 0.251 e. The van der Waals surface area contributed by atoms with E-state index in [0.717, 1.165) is 24.9 Å². The number of nitrogen functional groups attached to an aromatic ring is 1. The molecule has 2 amide bonds. The van der Waals surface area contributed by atoms with Crippen molar-refractivity contribution in [3.05, 3.63) is 48.2 Å². The molecule has 1 aliphatic heterocycles. The van der Waals surface area contributed by atoms with Crippen LogP contribution in [0.3, 0.4) is 0 Å². The molecule has 0 saturated carbocycles. The lowest BCUT2D eigenvalue weighted by molar-refractivity contribution is -0.127. The first kappa shape index (κ1) is 17.0. The van der Waals surface area contributed by atoms with E-state index in [-0.39, 0.29) is 11.8 Å². The van der Waals surface area contributed by atoms with Gasteiger partial charge in [-0.15, -0.1) is 0 Å². The molecule has 2 heterocycles. The Morgan fingerprint density at radius 1 is 1.24 bits per heavy atom. The van der Waals surface area contributed by atoms with Crippen LogP contribution in [0.15, 0.2) is 42.6 Å². The monoisotopic (exact) mass is 338 g/mol. The Hall–Kier alpha value is -2.89. The minimum absolute atomic E-state index is 0.117. The summed E-state index contributed by atoms with van der Waals surface area (Å²) in [6.07, 6.45) is 4.05. The van der Waals surface area contributed by atoms with Crippen LogP contribution in [-0.4, -0.2) is 41.3 Å². The zero-order valence-electron chi connectivity index (χ0n) is 14.1. The molecule has 130 valence electrons. The van der Waals surface area contributed by atoms with E-state index in [4.69, 9.17) is 5.73 Å². The molecule has 0 spiro atoms. The Bertz CT molecular complexity index is 758. The summed E-state index contributed by atoms with van der Waals surface area (Å²) in [4.78, 5) is 29.8. The van der Waals surface area contributed by atoms with Crippen molar-refractivity contribution in [2.24, 2.45) is 0 Å². The van der Waals surface area contributed by atoms with E-state index in [9.17, 15) is 9.59 Å². The van der Waals surface area contributed by atoms with E-state index in [0.29, 0.717) is 36.5 Å². The van der Waals surface area contributed by atoms with Crippen molar-refractivity contribution in [1.29, 1.82) is 0 Å². The Labute approximate surface area is 147 Å². The molecule has 6 nitrogen and oxygen atoms in total. The van der Waals surface area contributed by atoms with Crippen LogP contribution in [0.4, 0.5) is 5.69 Å². The molecule has 1 aromatic heterocycles. The lowest BCUT2D eigenvalue weighted by Crippen LogP contribution is -2.30. The summed E-state index contributed by atoms with van der Waals surface area (Å²) in [5.74, 6) is 0.101. The summed E-state index contributed by atoms with van der Waals surface area (Å²) in [5, 5.41) is 2.89. The number of nitrogens with two attached hydrogens (primary N) is 1. The maximum atomic E-state index is 12.2. The van der Waals surface area contributed by atoms with Crippen LogP contribution in [0.1, 0.15) is 29.6 Å². The predicted octanol–water partition coefficient (Wildman–Crippen LogP) is 2.07. The first-order chi connectivity index (χ1) is 12.1. The zero-order chi connectivity index (χ0) is 17.6. The van der Waals surface area contributed by atoms with Gasteiger partial charge in [0, 0.05) is 43.4 Å². The third-order valence-corrected chi connectivity index (χ3v) is 4.32. The summed E-state index contributed by atoms with van der Waals surface area (Å²) in [5.41, 5.74) is 8.71. The average molecular weight is 338 g/mol. The average Bonchev–Trinajstić information content (AvgIpc) is 3.04. The first-order valence-electron chi connectivity index (χ1n) is 8.52. The Balaban J connectivity index is 1.51. The lowest BCUT2D eigenvalue weighted by Gasteiger charge is -2.15. The van der Waals surface area contributed by atoms with Gasteiger partial charge in [0.2, 0.25) is 5.91 Å². The van der Waals surface area contributed by atoms with Crippen molar-refractivity contribution in [2.75, 3.05) is 25.4 Å². The minimum atomic E-state index is -0.117. The summed E-state index contributed by atoms with van der Waals surface area (Å²) in [6.45, 7) is 2.10. The number of likely N-dealkylation sites (tertiary alicyclic amines) is 1. The third kappa shape index (κ3) is 4.15. The van der Waals surface area contributed by atoms with Gasteiger partial charge in [0.15, 0.2) is 0 Å². The number of nitrogens with one attached hydrogen (secondary N) is 1. The Morgan fingerprint density at radius 2 is 2.04 bits per heavy atom. The highest BCUT2D eigenvalue weighted by atomic mass is 16.2. The van der Waals surface area contributed by atoms with Crippen molar-refractivity contribution in [3.8, 4) is 11.3 Å². The predicted molar refractivity (Wildman–Crippen MR) is 96.8 cm³/mol. The molecule has 0 atom stereocenters. The van der Waals surface area contributed by atoms with Gasteiger partial charge in [-0.2, -0.15) is 0 Å². The molecule has 0 radical (unpaired) electrons. The molecule has 3 N–H and O–H groups in total. The van der Waals surface area contributed by atoms with E-state index in [1.807, 2.05) is 17.0 Å². The number of hydrogen-bond acceptors (Lipinski definition) is 4. The molecule has 25 heavy (non-hydrogen) atoms. The molecule has 0 aliphatic carbocycles. The van der Waals surface area contributed by atoms with E-state index in [1.165, 1.54) is 0 Å². The van der Waals surface area contributed by atoms with Gasteiger partial charge in [-0.3, -0.25) is 14.6 Å². The molecule has 6 heteroatoms. The molecular weight excluding hydrogens is 316 g/mol. The van der Waals surface area contributed by atoms with E-state index >= 15 is 0 Å². The second-order valence-corrected chi connectivity index (χ2v) is 6.11. The van der Waals surface area contributed by atoms with Gasteiger partial charge >= 0.3 is 0 Å². The minimum Gasteiger partial charge on any atom is -0.397 e. The van der Waals surface area contributed by atoms with Crippen molar-refractivity contribution in [3.63, 3.8) is 0 Å². The molecule has 0 unspecified atom stereocenters. The van der Waals surface area contributed by atoms with E-state index < -0.39 is 0 Å². The third-order valence-electron chi connectivity index (χ3n) is 4.32. The van der Waals surface area contributed by atoms with E-state index in [2.05, 4.69) is 10.3 Å². The van der Waals surface area contributed by atoms with Gasteiger partial charge in [-0.05, 0) is 37.1 Å². The van der Waals surface area contributed by atoms with Crippen LogP contribution in [0, 0.1) is 0 Å². The topological polar surface area (TPSA) is 88.3 Å². The number of pyridine rings is 1. The number of amides is 2. The highest BCUT2D eigenvalue weighted by Crippen LogP contribution is 2.23. The fourth-order valence-corrected chi connectivity index (χ4v) is 2.95. The number of aromatic nitrogens is 1. The number of carbonyl (C=O) groups excluding carboxylic acids is 2. The second-order valence-electron chi connectivity index (χ2n) is 6.11. The van der Waals surface area contributed by atoms with E-state index in [1.54, 1.807) is 30.5 Å². The van der Waals surface area contributed by atoms with Gasteiger partial charge < -0.3 is 16.0 Å². The molecule has 3 rings (SSSR count). The maximum absolute atomic E-state index is 12.2. The highest BCUT2D eigenvalue weighted by Gasteiger charge is 2.19. The van der Waals surface area contributed by atoms with Crippen LogP contribution >= 0.6 is 0 Å². The van der Waals surface area contributed by atoms with Crippen molar-refractivity contribution >= 4 is 17.5 Å². The van der Waals surface area contributed by atoms with Crippen LogP contribution in [0.2, 0.25) is 0 Å². The van der Waals surface area contributed by atoms with Crippen molar-refractivity contribution in [1.82, 2.24) is 15.2 Å². The number of benzene rings is 1. The van der Waals surface area contributed by atoms with Crippen molar-refractivity contribution < 1.29 is 9.59 Å². The zero-order valence-corrected chi connectivity index (χ0v) is 14.1. The maximum Gasteiger partial charge on any atom is 0.251 e. The molecule has 1 aliphatic rings. The van der Waals surface area contributed by atoms with Gasteiger partial charge in [-0.1, -0.05) is 12.1 Å². The highest BCUT2D eigenvalue weighted by molar-refractivity contribution is 5.94. The van der Waals surface area contributed by atoms with Crippen LogP contribution in [0.5, 0.6) is 0 Å². The fourth-order valence-electron chi connectivity index (χ4n) is 2.95. The Morgan fingerprint density at radius 3 is 2.72 bits per heavy atom. The number of nitrogens with zero attached hydrogens (tertiary/aromatic N) is 2. The summed E-state index contributed by atoms with van der Waals surface area (Å²) in [7, 11) is 0. The Kier molecular flexibility index (Phi) is 5.28. The second kappa shape index (κ2) is 7.79. The number of rotatable bonds is 6. The summed E-state index contributed by atoms with van der Waals surface area (Å²) < 4.78 is 0. The van der Waals surface area contributed by atoms with Gasteiger partial charge in [0.1, 0.15) is 0 Å². The fraction of sp³-hybridized carbons (Fsp3) is 0.316. The molecule has 1 fully saturated rings. The molecule has 0 bridgehead atoms. The molecule has 1 aromatic carbocycles. The van der Waals surface area contributed by atoms with Gasteiger partial charge in [0.25, 0.3) is 5.91 Å². The SMILES string of the molecule is Nc1cccnc1-c1ccc(C(=O)NCCCN2CCCC2=O)cc1. The quantitative estimate of drug-likeness (QED) is 0.789. The van der Waals surface area contributed by atoms with Crippen molar-refractivity contribution in [2.45, 2.75) is 19.3 Å². The molecular formula is C19H22N4O2. The molecule has 1 saturated heterocycles. The first-order valence-corrected chi connectivity index (χ1v) is 8.52. The van der Waals surface area contributed by atoms with Crippen LogP contribution in [-0.2, 0) is 4.79 Å². The summed E-state index contributed by atoms with van der Waals surface area (Å²) >= 11 is 0. The number of hydrogen-bond donors (Lipinski definition) is 2. The number of carbonyl (C=O) groups is 2. The largest absolute Gasteiger partial charge is 0.397 e. The van der Waals surface area contributed by atoms with Gasteiger partial charge in [0.05, 0.1) is 11.4 Å². The summed E-state index contributed by atoms with van der Waals surface area (Å²) in [6, 6.07) is 10.8. The normalized spacial score (nSPS) is 13.9.